The molecule has 0 aliphatic heterocycles. The van der Waals surface area contributed by atoms with Crippen LogP contribution in [0.3, 0.4) is 0 Å². The predicted molar refractivity (Wildman–Crippen MR) is 130 cm³/mol. The van der Waals surface area contributed by atoms with Gasteiger partial charge in [0.25, 0.3) is 11.7 Å². The number of hydrogen-bond donors (Lipinski definition) is 1. The lowest BCUT2D eigenvalue weighted by Crippen LogP contribution is -2.20. The smallest absolute Gasteiger partial charge is 0.453 e. The monoisotopic (exact) mass is 513 g/mol. The van der Waals surface area contributed by atoms with Gasteiger partial charge in [-0.2, -0.15) is 13.2 Å². The second kappa shape index (κ2) is 10.7. The molecule has 0 aliphatic rings. The van der Waals surface area contributed by atoms with Crippen LogP contribution < -0.4 is 25.0 Å². The molecule has 10 heteroatoms. The maximum Gasteiger partial charge on any atom is 0.453 e. The van der Waals surface area contributed by atoms with Crippen LogP contribution in [0.25, 0.3) is 11.0 Å². The van der Waals surface area contributed by atoms with Gasteiger partial charge in [0.1, 0.15) is 22.8 Å². The summed E-state index contributed by atoms with van der Waals surface area (Å²) in [6, 6.07) is 16.8. The number of hydrogen-bond acceptors (Lipinski definition) is 6. The Morgan fingerprint density at radius 2 is 1.76 bits per heavy atom. The van der Waals surface area contributed by atoms with Gasteiger partial charge in [-0.3, -0.25) is 9.59 Å². The van der Waals surface area contributed by atoms with Crippen LogP contribution in [0.4, 0.5) is 18.9 Å². The molecule has 0 aliphatic carbocycles. The summed E-state index contributed by atoms with van der Waals surface area (Å²) in [5, 5.41) is 2.51. The molecule has 1 N–H and O–H groups in total. The van der Waals surface area contributed by atoms with Crippen LogP contribution in [0.1, 0.15) is 18.2 Å². The molecule has 0 fully saturated rings. The van der Waals surface area contributed by atoms with Gasteiger partial charge in [0.05, 0.1) is 17.7 Å². The second-order valence-electron chi connectivity index (χ2n) is 7.93. The van der Waals surface area contributed by atoms with E-state index in [1.54, 1.807) is 43.3 Å². The first-order chi connectivity index (χ1) is 17.7. The van der Waals surface area contributed by atoms with E-state index < -0.39 is 35.6 Å². The molecular formula is C27H22F3NO6. The molecule has 3 aromatic carbocycles. The van der Waals surface area contributed by atoms with E-state index in [0.717, 1.165) is 11.6 Å². The number of para-hydroxylation sites is 2. The molecule has 0 saturated carbocycles. The normalized spacial score (nSPS) is 11.3. The van der Waals surface area contributed by atoms with Gasteiger partial charge in [-0.05, 0) is 55.8 Å². The lowest BCUT2D eigenvalue weighted by atomic mass is 10.2. The standard InChI is InChI=1S/C27H22F3NO6/c1-3-34-21-10-5-4-9-20(21)31-23(32)15-35-17-11-12-19-22(14-17)37-26(27(28,29)30)25(24(19)33)36-18-8-6-7-16(2)13-18/h4-14H,3,15H2,1-2H3,(H,31,32). The van der Waals surface area contributed by atoms with E-state index in [1.807, 2.05) is 6.92 Å². The molecule has 1 amide bonds. The van der Waals surface area contributed by atoms with Crippen LogP contribution in [0.15, 0.2) is 75.9 Å². The van der Waals surface area contributed by atoms with Gasteiger partial charge in [-0.1, -0.05) is 24.3 Å². The Morgan fingerprint density at radius 1 is 0.973 bits per heavy atom. The first-order valence-corrected chi connectivity index (χ1v) is 11.2. The largest absolute Gasteiger partial charge is 0.492 e. The number of carbonyl (C=O) groups excluding carboxylic acids is 1. The Kier molecular flexibility index (Phi) is 7.37. The number of amides is 1. The van der Waals surface area contributed by atoms with Gasteiger partial charge < -0.3 is 23.9 Å². The average molecular weight is 513 g/mol. The fraction of sp³-hybridized carbons (Fsp3) is 0.185. The number of rotatable bonds is 8. The fourth-order valence-electron chi connectivity index (χ4n) is 3.51. The summed E-state index contributed by atoms with van der Waals surface area (Å²) in [7, 11) is 0. The lowest BCUT2D eigenvalue weighted by Gasteiger charge is -2.14. The number of benzene rings is 3. The zero-order valence-electron chi connectivity index (χ0n) is 19.8. The third-order valence-electron chi connectivity index (χ3n) is 5.12. The molecule has 0 unspecified atom stereocenters. The number of alkyl halides is 3. The van der Waals surface area contributed by atoms with Crippen LogP contribution in [0.2, 0.25) is 0 Å². The number of halogens is 3. The van der Waals surface area contributed by atoms with Gasteiger partial charge in [-0.25, -0.2) is 0 Å². The number of aryl methyl sites for hydroxylation is 1. The molecule has 0 saturated heterocycles. The van der Waals surface area contributed by atoms with Crippen molar-refractivity contribution in [1.82, 2.24) is 0 Å². The van der Waals surface area contributed by atoms with E-state index in [-0.39, 0.29) is 22.5 Å². The zero-order chi connectivity index (χ0) is 26.6. The summed E-state index contributed by atoms with van der Waals surface area (Å²) in [5.74, 6) is -2.49. The van der Waals surface area contributed by atoms with Crippen LogP contribution in [0, 0.1) is 6.92 Å². The minimum atomic E-state index is -5.00. The molecule has 4 rings (SSSR count). The Balaban J connectivity index is 1.58. The summed E-state index contributed by atoms with van der Waals surface area (Å²) in [4.78, 5) is 25.3. The number of ether oxygens (including phenoxy) is 3. The highest BCUT2D eigenvalue weighted by atomic mass is 19.4. The van der Waals surface area contributed by atoms with Crippen molar-refractivity contribution in [3.8, 4) is 23.0 Å². The first kappa shape index (κ1) is 25.6. The van der Waals surface area contributed by atoms with Crippen molar-refractivity contribution in [2.45, 2.75) is 20.0 Å². The molecule has 1 heterocycles. The Morgan fingerprint density at radius 3 is 2.49 bits per heavy atom. The quantitative estimate of drug-likeness (QED) is 0.296. The minimum Gasteiger partial charge on any atom is -0.492 e. The average Bonchev–Trinajstić information content (AvgIpc) is 2.85. The Hall–Kier alpha value is -4.47. The van der Waals surface area contributed by atoms with Crippen molar-refractivity contribution in [3.63, 3.8) is 0 Å². The van der Waals surface area contributed by atoms with Crippen molar-refractivity contribution in [2.24, 2.45) is 0 Å². The summed E-state index contributed by atoms with van der Waals surface area (Å²) in [5.41, 5.74) is -0.178. The molecule has 0 spiro atoms. The van der Waals surface area contributed by atoms with E-state index >= 15 is 0 Å². The molecule has 0 radical (unpaired) electrons. The third-order valence-corrected chi connectivity index (χ3v) is 5.12. The van der Waals surface area contributed by atoms with Gasteiger partial charge in [0, 0.05) is 6.07 Å². The Labute approximate surface area is 209 Å². The van der Waals surface area contributed by atoms with Crippen LogP contribution >= 0.6 is 0 Å². The van der Waals surface area contributed by atoms with Crippen molar-refractivity contribution < 1.29 is 36.6 Å². The molecular weight excluding hydrogens is 491 g/mol. The second-order valence-corrected chi connectivity index (χ2v) is 7.93. The zero-order valence-corrected chi connectivity index (χ0v) is 19.8. The SMILES string of the molecule is CCOc1ccccc1NC(=O)COc1ccc2c(=O)c(Oc3cccc(C)c3)c(C(F)(F)F)oc2c1. The summed E-state index contributed by atoms with van der Waals surface area (Å²) >= 11 is 0. The lowest BCUT2D eigenvalue weighted by molar-refractivity contribution is -0.154. The van der Waals surface area contributed by atoms with Crippen molar-refractivity contribution in [1.29, 1.82) is 0 Å². The predicted octanol–water partition coefficient (Wildman–Crippen LogP) is 6.33. The molecule has 1 aromatic heterocycles. The van der Waals surface area contributed by atoms with Gasteiger partial charge >= 0.3 is 6.18 Å². The number of carbonyl (C=O) groups is 1. The van der Waals surface area contributed by atoms with E-state index in [9.17, 15) is 22.8 Å². The van der Waals surface area contributed by atoms with Crippen molar-refractivity contribution in [3.05, 3.63) is 88.3 Å². The third kappa shape index (κ3) is 6.03. The molecule has 7 nitrogen and oxygen atoms in total. The van der Waals surface area contributed by atoms with Crippen molar-refractivity contribution in [2.75, 3.05) is 18.5 Å². The van der Waals surface area contributed by atoms with Crippen LogP contribution in [-0.4, -0.2) is 19.1 Å². The van der Waals surface area contributed by atoms with Gasteiger partial charge in [0.2, 0.25) is 11.2 Å². The highest BCUT2D eigenvalue weighted by Crippen LogP contribution is 2.38. The fourth-order valence-corrected chi connectivity index (χ4v) is 3.51. The molecule has 0 atom stereocenters. The van der Waals surface area contributed by atoms with E-state index in [4.69, 9.17) is 18.6 Å². The van der Waals surface area contributed by atoms with Gasteiger partial charge in [0.15, 0.2) is 6.61 Å². The number of anilines is 1. The van der Waals surface area contributed by atoms with Gasteiger partial charge in [-0.15, -0.1) is 0 Å². The minimum absolute atomic E-state index is 0.0318. The Bertz CT molecular complexity index is 1500. The van der Waals surface area contributed by atoms with E-state index in [0.29, 0.717) is 18.0 Å². The molecule has 0 bridgehead atoms. The summed E-state index contributed by atoms with van der Waals surface area (Å²) < 4.78 is 62.6. The number of fused-ring (bicyclic) bond motifs is 1. The maximum atomic E-state index is 13.8. The summed E-state index contributed by atoms with van der Waals surface area (Å²) in [6.45, 7) is 3.50. The molecule has 4 aromatic rings. The van der Waals surface area contributed by atoms with E-state index in [2.05, 4.69) is 5.32 Å². The highest BCUT2D eigenvalue weighted by Gasteiger charge is 2.40. The first-order valence-electron chi connectivity index (χ1n) is 11.2. The summed E-state index contributed by atoms with van der Waals surface area (Å²) in [6.07, 6.45) is -5.00. The highest BCUT2D eigenvalue weighted by molar-refractivity contribution is 5.93. The maximum absolute atomic E-state index is 13.8. The van der Waals surface area contributed by atoms with E-state index in [1.165, 1.54) is 24.3 Å². The van der Waals surface area contributed by atoms with Crippen LogP contribution in [0.5, 0.6) is 23.0 Å². The molecule has 192 valence electrons. The number of nitrogens with one attached hydrogen (secondary N) is 1. The van der Waals surface area contributed by atoms with Crippen LogP contribution in [-0.2, 0) is 11.0 Å². The van der Waals surface area contributed by atoms with Crippen molar-refractivity contribution >= 4 is 22.6 Å². The molecule has 37 heavy (non-hydrogen) atoms. The topological polar surface area (TPSA) is 87.0 Å².